The second-order valence-corrected chi connectivity index (χ2v) is 7.56. The number of aromatic amines is 1. The number of halogens is 3. The summed E-state index contributed by atoms with van der Waals surface area (Å²) in [6, 6.07) is 7.06. The molecule has 1 aromatic carbocycles. The molecule has 0 saturated heterocycles. The molecule has 0 bridgehead atoms. The molecule has 0 aliphatic rings. The number of H-pyrrole nitrogens is 1. The van der Waals surface area contributed by atoms with E-state index in [1.54, 1.807) is 12.3 Å². The van der Waals surface area contributed by atoms with Gasteiger partial charge in [0.15, 0.2) is 5.15 Å². The molecule has 9 heteroatoms. The van der Waals surface area contributed by atoms with Crippen molar-refractivity contribution in [3.63, 3.8) is 0 Å². The number of nitrogens with one attached hydrogen (secondary N) is 2. The van der Waals surface area contributed by atoms with Crippen LogP contribution >= 0.6 is 23.2 Å². The lowest BCUT2D eigenvalue weighted by molar-refractivity contribution is 0.581. The van der Waals surface area contributed by atoms with Gasteiger partial charge in [-0.05, 0) is 42.3 Å². The van der Waals surface area contributed by atoms with Gasteiger partial charge in [0, 0.05) is 23.6 Å². The zero-order valence-electron chi connectivity index (χ0n) is 12.2. The molecule has 5 nitrogen and oxygen atoms in total. The van der Waals surface area contributed by atoms with Crippen LogP contribution in [0, 0.1) is 5.82 Å². The van der Waals surface area contributed by atoms with E-state index in [4.69, 9.17) is 23.2 Å². The van der Waals surface area contributed by atoms with Crippen LogP contribution in [0.5, 0.6) is 0 Å². The smallest absolute Gasteiger partial charge is 0.243 e. The summed E-state index contributed by atoms with van der Waals surface area (Å²) < 4.78 is 40.3. The molecule has 24 heavy (non-hydrogen) atoms. The Morgan fingerprint density at radius 1 is 1.21 bits per heavy atom. The molecule has 0 aliphatic heterocycles. The molecule has 0 saturated carbocycles. The number of fused-ring (bicyclic) bond motifs is 1. The number of aromatic nitrogens is 2. The van der Waals surface area contributed by atoms with E-state index in [-0.39, 0.29) is 27.6 Å². The molecule has 0 aliphatic carbocycles. The van der Waals surface area contributed by atoms with Gasteiger partial charge in [-0.25, -0.2) is 22.5 Å². The molecular formula is C15H12Cl2FN3O2S. The predicted molar refractivity (Wildman–Crippen MR) is 91.4 cm³/mol. The molecule has 3 rings (SSSR count). The SMILES string of the molecule is O=S(=O)(NCCc1c[nH]c2ccc(F)cc12)c1ccc(Cl)nc1Cl. The summed E-state index contributed by atoms with van der Waals surface area (Å²) in [6.45, 7) is 0.130. The first-order valence-electron chi connectivity index (χ1n) is 6.94. The molecule has 2 heterocycles. The van der Waals surface area contributed by atoms with Crippen molar-refractivity contribution in [2.45, 2.75) is 11.3 Å². The molecule has 0 fully saturated rings. The Kier molecular flexibility index (Phi) is 4.78. The first kappa shape index (κ1) is 17.2. The van der Waals surface area contributed by atoms with Crippen molar-refractivity contribution in [3.05, 3.63) is 58.2 Å². The Balaban J connectivity index is 1.74. The predicted octanol–water partition coefficient (Wildman–Crippen LogP) is 3.53. The number of hydrogen-bond acceptors (Lipinski definition) is 3. The summed E-state index contributed by atoms with van der Waals surface area (Å²) in [7, 11) is -3.81. The Bertz CT molecular complexity index is 1010. The van der Waals surface area contributed by atoms with Gasteiger partial charge in [0.05, 0.1) is 0 Å². The van der Waals surface area contributed by atoms with E-state index in [1.165, 1.54) is 24.3 Å². The van der Waals surface area contributed by atoms with E-state index in [0.717, 1.165) is 16.5 Å². The highest BCUT2D eigenvalue weighted by atomic mass is 35.5. The third-order valence-electron chi connectivity index (χ3n) is 3.49. The lowest BCUT2D eigenvalue weighted by atomic mass is 10.1. The van der Waals surface area contributed by atoms with Gasteiger partial charge in [-0.1, -0.05) is 23.2 Å². The maximum absolute atomic E-state index is 13.3. The van der Waals surface area contributed by atoms with Gasteiger partial charge in [-0.2, -0.15) is 0 Å². The third kappa shape index (κ3) is 3.54. The summed E-state index contributed by atoms with van der Waals surface area (Å²) in [6.07, 6.45) is 2.12. The average molecular weight is 388 g/mol. The van der Waals surface area contributed by atoms with Gasteiger partial charge in [0.1, 0.15) is 15.9 Å². The average Bonchev–Trinajstić information content (AvgIpc) is 2.89. The summed E-state index contributed by atoms with van der Waals surface area (Å²) >= 11 is 11.5. The number of pyridine rings is 1. The maximum Gasteiger partial charge on any atom is 0.243 e. The van der Waals surface area contributed by atoms with E-state index < -0.39 is 10.0 Å². The van der Waals surface area contributed by atoms with Gasteiger partial charge in [0.2, 0.25) is 10.0 Å². The van der Waals surface area contributed by atoms with Gasteiger partial charge < -0.3 is 4.98 Å². The second kappa shape index (κ2) is 6.68. The fourth-order valence-electron chi connectivity index (χ4n) is 2.36. The molecule has 0 atom stereocenters. The van der Waals surface area contributed by atoms with E-state index in [0.29, 0.717) is 6.42 Å². The van der Waals surface area contributed by atoms with Crippen LogP contribution in [0.3, 0.4) is 0 Å². The number of nitrogens with zero attached hydrogens (tertiary/aromatic N) is 1. The monoisotopic (exact) mass is 387 g/mol. The molecule has 2 N–H and O–H groups in total. The topological polar surface area (TPSA) is 74.8 Å². The molecule has 0 radical (unpaired) electrons. The highest BCUT2D eigenvalue weighted by Gasteiger charge is 2.19. The fraction of sp³-hybridized carbons (Fsp3) is 0.133. The lowest BCUT2D eigenvalue weighted by Gasteiger charge is -2.08. The summed E-state index contributed by atoms with van der Waals surface area (Å²) in [5, 5.41) is 0.643. The van der Waals surface area contributed by atoms with E-state index in [2.05, 4.69) is 14.7 Å². The van der Waals surface area contributed by atoms with Crippen LogP contribution in [0.1, 0.15) is 5.56 Å². The van der Waals surface area contributed by atoms with E-state index >= 15 is 0 Å². The van der Waals surface area contributed by atoms with Crippen molar-refractivity contribution in [2.75, 3.05) is 6.54 Å². The van der Waals surface area contributed by atoms with Crippen molar-refractivity contribution >= 4 is 44.1 Å². The molecular weight excluding hydrogens is 376 g/mol. The molecule has 126 valence electrons. The van der Waals surface area contributed by atoms with Gasteiger partial charge in [0.25, 0.3) is 0 Å². The van der Waals surface area contributed by atoms with E-state index in [1.807, 2.05) is 0 Å². The van der Waals surface area contributed by atoms with Crippen LogP contribution in [0.2, 0.25) is 10.3 Å². The number of benzene rings is 1. The van der Waals surface area contributed by atoms with Crippen LogP contribution in [0.4, 0.5) is 4.39 Å². The van der Waals surface area contributed by atoms with E-state index in [9.17, 15) is 12.8 Å². The molecule has 2 aromatic heterocycles. The zero-order valence-corrected chi connectivity index (χ0v) is 14.5. The second-order valence-electron chi connectivity index (χ2n) is 5.07. The van der Waals surface area contributed by atoms with Crippen molar-refractivity contribution in [2.24, 2.45) is 0 Å². The normalized spacial score (nSPS) is 12.0. The quantitative estimate of drug-likeness (QED) is 0.657. The molecule has 3 aromatic rings. The lowest BCUT2D eigenvalue weighted by Crippen LogP contribution is -2.26. The number of hydrogen-bond donors (Lipinski definition) is 2. The van der Waals surface area contributed by atoms with Crippen molar-refractivity contribution < 1.29 is 12.8 Å². The summed E-state index contributed by atoms with van der Waals surface area (Å²) in [4.78, 5) is 6.59. The van der Waals surface area contributed by atoms with Gasteiger partial charge in [-0.15, -0.1) is 0 Å². The first-order valence-corrected chi connectivity index (χ1v) is 9.18. The van der Waals surface area contributed by atoms with Crippen LogP contribution in [0.25, 0.3) is 10.9 Å². The van der Waals surface area contributed by atoms with Crippen LogP contribution in [-0.2, 0) is 16.4 Å². The molecule has 0 unspecified atom stereocenters. The number of rotatable bonds is 5. The fourth-order valence-corrected chi connectivity index (χ4v) is 4.05. The van der Waals surface area contributed by atoms with Crippen molar-refractivity contribution in [3.8, 4) is 0 Å². The third-order valence-corrected chi connectivity index (χ3v) is 5.59. The minimum Gasteiger partial charge on any atom is -0.361 e. The Morgan fingerprint density at radius 3 is 2.75 bits per heavy atom. The minimum atomic E-state index is -3.81. The first-order chi connectivity index (χ1) is 11.4. The highest BCUT2D eigenvalue weighted by Crippen LogP contribution is 2.22. The van der Waals surface area contributed by atoms with Crippen molar-refractivity contribution in [1.29, 1.82) is 0 Å². The minimum absolute atomic E-state index is 0.111. The maximum atomic E-state index is 13.3. The van der Waals surface area contributed by atoms with Crippen LogP contribution < -0.4 is 4.72 Å². The highest BCUT2D eigenvalue weighted by molar-refractivity contribution is 7.89. The van der Waals surface area contributed by atoms with Gasteiger partial charge in [-0.3, -0.25) is 0 Å². The standard InChI is InChI=1S/C15H12Cl2FN3O2S/c16-14-4-3-13(15(17)21-14)24(22,23)20-6-5-9-8-19-12-2-1-10(18)7-11(9)12/h1-4,7-8,19-20H,5-6H2. The van der Waals surface area contributed by atoms with Crippen LogP contribution in [0.15, 0.2) is 41.4 Å². The number of sulfonamides is 1. The van der Waals surface area contributed by atoms with Gasteiger partial charge >= 0.3 is 0 Å². The van der Waals surface area contributed by atoms with Crippen molar-refractivity contribution in [1.82, 2.24) is 14.7 Å². The Morgan fingerprint density at radius 2 is 2.00 bits per heavy atom. The summed E-state index contributed by atoms with van der Waals surface area (Å²) in [5.41, 5.74) is 1.60. The Labute approximate surface area is 147 Å². The summed E-state index contributed by atoms with van der Waals surface area (Å²) in [5.74, 6) is -0.344. The molecule has 0 amide bonds. The largest absolute Gasteiger partial charge is 0.361 e. The van der Waals surface area contributed by atoms with Crippen LogP contribution in [-0.4, -0.2) is 24.9 Å². The Hall–Kier alpha value is -1.67. The zero-order chi connectivity index (χ0) is 17.3. The molecule has 0 spiro atoms.